The maximum Gasteiger partial charge on any atom is 0.261 e. The number of hydrogen-bond acceptors (Lipinski definition) is 5. The van der Waals surface area contributed by atoms with Crippen LogP contribution in [-0.4, -0.2) is 30.2 Å². The summed E-state index contributed by atoms with van der Waals surface area (Å²) in [6.07, 6.45) is 0. The molecule has 19 heavy (non-hydrogen) atoms. The summed E-state index contributed by atoms with van der Waals surface area (Å²) in [7, 11) is 3.02. The summed E-state index contributed by atoms with van der Waals surface area (Å²) in [6, 6.07) is 3.32. The van der Waals surface area contributed by atoms with Crippen LogP contribution in [0.5, 0.6) is 17.4 Å². The second-order valence-electron chi connectivity index (χ2n) is 3.79. The second kappa shape index (κ2) is 4.97. The van der Waals surface area contributed by atoms with Gasteiger partial charge in [0.15, 0.2) is 17.2 Å². The first-order valence-electron chi connectivity index (χ1n) is 5.45. The van der Waals surface area contributed by atoms with Crippen molar-refractivity contribution in [3.05, 3.63) is 12.1 Å². The number of nitrogens with one attached hydrogen (secondary N) is 1. The van der Waals surface area contributed by atoms with Crippen LogP contribution in [0.3, 0.4) is 0 Å². The largest absolute Gasteiger partial charge is 0.493 e. The molecule has 0 bridgehead atoms. The Labute approximate surface area is 108 Å². The van der Waals surface area contributed by atoms with E-state index in [1.807, 2.05) is 0 Å². The van der Waals surface area contributed by atoms with Crippen molar-refractivity contribution < 1.29 is 19.4 Å². The number of amides is 1. The Morgan fingerprint density at radius 1 is 1.26 bits per heavy atom. The fourth-order valence-corrected chi connectivity index (χ4v) is 1.71. The zero-order valence-electron chi connectivity index (χ0n) is 10.7. The smallest absolute Gasteiger partial charge is 0.261 e. The van der Waals surface area contributed by atoms with E-state index >= 15 is 0 Å². The van der Waals surface area contributed by atoms with Crippen molar-refractivity contribution in [3.8, 4) is 17.4 Å². The number of carbonyl (C=O) groups is 1. The van der Waals surface area contributed by atoms with E-state index in [9.17, 15) is 9.90 Å². The number of hydrogen-bond donors (Lipinski definition) is 2. The fraction of sp³-hybridized carbons (Fsp3) is 0.250. The van der Waals surface area contributed by atoms with Gasteiger partial charge in [0.1, 0.15) is 0 Å². The van der Waals surface area contributed by atoms with Crippen LogP contribution in [0.25, 0.3) is 10.9 Å². The number of aromatic hydroxyl groups is 1. The van der Waals surface area contributed by atoms with Gasteiger partial charge in [0.05, 0.1) is 19.7 Å². The molecule has 0 saturated carbocycles. The number of nitrogens with zero attached hydrogens (tertiary/aromatic N) is 2. The molecule has 100 valence electrons. The number of fused-ring (bicyclic) bond motifs is 1. The first kappa shape index (κ1) is 12.9. The van der Waals surface area contributed by atoms with Crippen molar-refractivity contribution >= 4 is 22.5 Å². The minimum absolute atomic E-state index is 0.171. The van der Waals surface area contributed by atoms with Crippen molar-refractivity contribution in [1.29, 1.82) is 0 Å². The van der Waals surface area contributed by atoms with Crippen LogP contribution in [0.15, 0.2) is 22.4 Å². The Balaban J connectivity index is 2.65. The second-order valence-corrected chi connectivity index (χ2v) is 3.79. The highest BCUT2D eigenvalue weighted by atomic mass is 16.5. The lowest BCUT2D eigenvalue weighted by Crippen LogP contribution is -1.89. The van der Waals surface area contributed by atoms with Crippen molar-refractivity contribution in [2.45, 2.75) is 6.92 Å². The zero-order valence-corrected chi connectivity index (χ0v) is 10.7. The van der Waals surface area contributed by atoms with Crippen molar-refractivity contribution in [1.82, 2.24) is 4.98 Å². The van der Waals surface area contributed by atoms with Crippen LogP contribution < -0.4 is 9.47 Å². The van der Waals surface area contributed by atoms with Gasteiger partial charge in [-0.25, -0.2) is 0 Å². The molecule has 0 saturated heterocycles. The Morgan fingerprint density at radius 2 is 1.89 bits per heavy atom. The molecule has 0 fully saturated rings. The molecule has 2 rings (SSSR count). The summed E-state index contributed by atoms with van der Waals surface area (Å²) in [5, 5.41) is 17.5. The summed E-state index contributed by atoms with van der Waals surface area (Å²) < 4.78 is 10.3. The average Bonchev–Trinajstić information content (AvgIpc) is 2.69. The molecule has 0 unspecified atom stereocenters. The van der Waals surface area contributed by atoms with Gasteiger partial charge in [-0.15, -0.1) is 10.2 Å². The topological polar surface area (TPSA) is 96.3 Å². The highest BCUT2D eigenvalue weighted by molar-refractivity contribution is 5.96. The molecule has 0 aliphatic carbocycles. The molecule has 2 aromatic rings. The van der Waals surface area contributed by atoms with Crippen molar-refractivity contribution in [3.63, 3.8) is 0 Å². The molecule has 7 nitrogen and oxygen atoms in total. The predicted octanol–water partition coefficient (Wildman–Crippen LogP) is 2.52. The van der Waals surface area contributed by atoms with Gasteiger partial charge in [0.25, 0.3) is 5.91 Å². The number of ether oxygens (including phenoxy) is 2. The van der Waals surface area contributed by atoms with Crippen LogP contribution in [0.1, 0.15) is 6.92 Å². The number of azo groups is 1. The number of aromatic nitrogens is 1. The zero-order chi connectivity index (χ0) is 14.0. The van der Waals surface area contributed by atoms with Crippen LogP contribution in [0.4, 0.5) is 5.69 Å². The SMILES string of the molecule is COc1cc2[nH]c(O)c(N=NC(C)=O)c2cc1OC. The van der Waals surface area contributed by atoms with Gasteiger partial charge < -0.3 is 19.6 Å². The molecular formula is C12H13N3O4. The molecular weight excluding hydrogens is 250 g/mol. The molecule has 1 heterocycles. The summed E-state index contributed by atoms with van der Waals surface area (Å²) >= 11 is 0. The lowest BCUT2D eigenvalue weighted by molar-refractivity contribution is -0.116. The summed E-state index contributed by atoms with van der Waals surface area (Å²) in [6.45, 7) is 1.28. The summed E-state index contributed by atoms with van der Waals surface area (Å²) in [4.78, 5) is 13.5. The molecule has 0 aliphatic rings. The Hall–Kier alpha value is -2.57. The minimum atomic E-state index is -0.450. The fourth-order valence-electron chi connectivity index (χ4n) is 1.71. The molecule has 1 aromatic carbocycles. The first-order valence-corrected chi connectivity index (χ1v) is 5.45. The van der Waals surface area contributed by atoms with E-state index in [1.54, 1.807) is 12.1 Å². The number of aromatic amines is 1. The van der Waals surface area contributed by atoms with Crippen LogP contribution in [0.2, 0.25) is 0 Å². The van der Waals surface area contributed by atoms with E-state index in [0.717, 1.165) is 0 Å². The van der Waals surface area contributed by atoms with Crippen LogP contribution in [0, 0.1) is 0 Å². The third kappa shape index (κ3) is 2.35. The molecule has 7 heteroatoms. The average molecular weight is 263 g/mol. The first-order chi connectivity index (χ1) is 9.06. The Morgan fingerprint density at radius 3 is 2.47 bits per heavy atom. The molecule has 0 atom stereocenters. The Kier molecular flexibility index (Phi) is 3.37. The molecule has 0 spiro atoms. The van der Waals surface area contributed by atoms with E-state index < -0.39 is 5.91 Å². The van der Waals surface area contributed by atoms with Gasteiger partial charge in [0, 0.05) is 18.4 Å². The van der Waals surface area contributed by atoms with Crippen molar-refractivity contribution in [2.75, 3.05) is 14.2 Å². The minimum Gasteiger partial charge on any atom is -0.493 e. The standard InChI is InChI=1S/C12H13N3O4/c1-6(16)14-15-11-7-4-9(18-2)10(19-3)5-8(7)13-12(11)17/h4-5,13,17H,1-3H3. The van der Waals surface area contributed by atoms with E-state index in [4.69, 9.17) is 9.47 Å². The van der Waals surface area contributed by atoms with Gasteiger partial charge in [-0.2, -0.15) is 0 Å². The lowest BCUT2D eigenvalue weighted by atomic mass is 10.2. The van der Waals surface area contributed by atoms with Gasteiger partial charge in [-0.1, -0.05) is 0 Å². The van der Waals surface area contributed by atoms with E-state index in [2.05, 4.69) is 15.2 Å². The predicted molar refractivity (Wildman–Crippen MR) is 68.3 cm³/mol. The number of rotatable bonds is 3. The molecule has 2 N–H and O–H groups in total. The maximum absolute atomic E-state index is 10.8. The third-order valence-electron chi connectivity index (χ3n) is 2.55. The van der Waals surface area contributed by atoms with Crippen LogP contribution in [-0.2, 0) is 4.79 Å². The Bertz CT molecular complexity index is 661. The monoisotopic (exact) mass is 263 g/mol. The van der Waals surface area contributed by atoms with E-state index in [-0.39, 0.29) is 11.6 Å². The highest BCUT2D eigenvalue weighted by Gasteiger charge is 2.15. The number of methoxy groups -OCH3 is 2. The van der Waals surface area contributed by atoms with E-state index in [1.165, 1.54) is 21.1 Å². The van der Waals surface area contributed by atoms with Gasteiger partial charge >= 0.3 is 0 Å². The number of carbonyl (C=O) groups excluding carboxylic acids is 1. The van der Waals surface area contributed by atoms with Crippen LogP contribution >= 0.6 is 0 Å². The van der Waals surface area contributed by atoms with Gasteiger partial charge in [0.2, 0.25) is 5.88 Å². The molecule has 1 aromatic heterocycles. The summed E-state index contributed by atoms with van der Waals surface area (Å²) in [5.41, 5.74) is 0.791. The molecule has 0 radical (unpaired) electrons. The number of benzene rings is 1. The maximum atomic E-state index is 10.8. The van der Waals surface area contributed by atoms with Gasteiger partial charge in [-0.3, -0.25) is 4.79 Å². The molecule has 1 amide bonds. The summed E-state index contributed by atoms with van der Waals surface area (Å²) in [5.74, 6) is 0.393. The van der Waals surface area contributed by atoms with Gasteiger partial charge in [-0.05, 0) is 6.07 Å². The lowest BCUT2D eigenvalue weighted by Gasteiger charge is -2.06. The molecule has 0 aliphatic heterocycles. The number of H-pyrrole nitrogens is 1. The normalized spacial score (nSPS) is 11.1. The van der Waals surface area contributed by atoms with E-state index in [0.29, 0.717) is 22.4 Å². The highest BCUT2D eigenvalue weighted by Crippen LogP contribution is 2.41. The van der Waals surface area contributed by atoms with Crippen molar-refractivity contribution in [2.24, 2.45) is 10.2 Å². The third-order valence-corrected chi connectivity index (χ3v) is 2.55. The quantitative estimate of drug-likeness (QED) is 0.831.